The Bertz CT molecular complexity index is 636. The summed E-state index contributed by atoms with van der Waals surface area (Å²) >= 11 is 0. The topological polar surface area (TPSA) is 91.5 Å². The molecule has 0 bridgehead atoms. The van der Waals surface area contributed by atoms with Gasteiger partial charge in [0, 0.05) is 18.8 Å². The smallest absolute Gasteiger partial charge is 0.340 e. The van der Waals surface area contributed by atoms with Gasteiger partial charge in [-0.25, -0.2) is 4.79 Å². The van der Waals surface area contributed by atoms with Crippen molar-refractivity contribution < 1.29 is 19.1 Å². The molecule has 0 aliphatic carbocycles. The van der Waals surface area contributed by atoms with Crippen molar-refractivity contribution in [3.8, 4) is 0 Å². The van der Waals surface area contributed by atoms with E-state index in [0.29, 0.717) is 35.6 Å². The summed E-state index contributed by atoms with van der Waals surface area (Å²) in [5.74, 6) is -0.638. The predicted octanol–water partition coefficient (Wildman–Crippen LogP) is 0.811. The van der Waals surface area contributed by atoms with Crippen LogP contribution in [-0.2, 0) is 9.53 Å². The molecule has 126 valence electrons. The molecule has 1 aromatic rings. The number of rotatable bonds is 5. The molecule has 0 spiro atoms. The van der Waals surface area contributed by atoms with Crippen molar-refractivity contribution in [3.05, 3.63) is 22.5 Å². The number of carbonyl (C=O) groups excluding carboxylic acids is 3. The Balaban J connectivity index is 2.24. The molecule has 1 aliphatic rings. The third kappa shape index (κ3) is 3.44. The maximum absolute atomic E-state index is 12.8. The maximum Gasteiger partial charge on any atom is 0.340 e. The lowest BCUT2D eigenvalue weighted by molar-refractivity contribution is -0.124. The molecule has 2 rings (SSSR count). The number of ether oxygens (including phenoxy) is 1. The fraction of sp³-hybridized carbons (Fsp3) is 0.562. The first kappa shape index (κ1) is 17.2. The van der Waals surface area contributed by atoms with E-state index in [1.165, 1.54) is 0 Å². The van der Waals surface area contributed by atoms with Gasteiger partial charge in [-0.15, -0.1) is 0 Å². The second-order valence-electron chi connectivity index (χ2n) is 5.71. The average molecular weight is 321 g/mol. The summed E-state index contributed by atoms with van der Waals surface area (Å²) in [7, 11) is 0. The lowest BCUT2D eigenvalue weighted by Gasteiger charge is -2.30. The Morgan fingerprint density at radius 1 is 1.35 bits per heavy atom. The molecule has 7 nitrogen and oxygen atoms in total. The first-order valence-corrected chi connectivity index (χ1v) is 7.78. The number of aromatic nitrogens is 1. The van der Waals surface area contributed by atoms with Crippen LogP contribution in [0.2, 0.25) is 0 Å². The number of carbonyl (C=O) groups is 3. The zero-order valence-corrected chi connectivity index (χ0v) is 14.0. The van der Waals surface area contributed by atoms with E-state index < -0.39 is 12.0 Å². The van der Waals surface area contributed by atoms with Gasteiger partial charge in [0.2, 0.25) is 5.91 Å². The van der Waals surface area contributed by atoms with Crippen molar-refractivity contribution in [3.63, 3.8) is 0 Å². The summed E-state index contributed by atoms with van der Waals surface area (Å²) in [5.41, 5.74) is 2.04. The largest absolute Gasteiger partial charge is 0.462 e. The molecular weight excluding hydrogens is 298 g/mol. The van der Waals surface area contributed by atoms with Crippen molar-refractivity contribution in [2.45, 2.75) is 33.7 Å². The number of amides is 1. The van der Waals surface area contributed by atoms with Gasteiger partial charge < -0.3 is 15.0 Å². The van der Waals surface area contributed by atoms with Crippen molar-refractivity contribution in [2.75, 3.05) is 26.2 Å². The summed E-state index contributed by atoms with van der Waals surface area (Å²) in [6.45, 7) is 8.65. The molecule has 1 fully saturated rings. The van der Waals surface area contributed by atoms with Gasteiger partial charge in [0.05, 0.1) is 30.5 Å². The third-order valence-electron chi connectivity index (χ3n) is 4.16. The normalized spacial score (nSPS) is 16.8. The minimum absolute atomic E-state index is 0.0810. The molecule has 0 aromatic carbocycles. The second kappa shape index (κ2) is 6.95. The van der Waals surface area contributed by atoms with Gasteiger partial charge in [0.15, 0.2) is 5.78 Å². The Kier molecular flexibility index (Phi) is 5.20. The second-order valence-corrected chi connectivity index (χ2v) is 5.71. The van der Waals surface area contributed by atoms with Crippen LogP contribution in [0.5, 0.6) is 0 Å². The lowest BCUT2D eigenvalue weighted by atomic mass is 10.0. The number of aromatic amines is 1. The van der Waals surface area contributed by atoms with Crippen LogP contribution in [0.3, 0.4) is 0 Å². The van der Waals surface area contributed by atoms with Crippen LogP contribution in [0.15, 0.2) is 0 Å². The van der Waals surface area contributed by atoms with E-state index in [1.54, 1.807) is 27.7 Å². The standard InChI is InChI=1S/C16H23N3O4/c1-5-23-16(22)13-9(2)14(18-10(13)3)15(21)11(4)19-7-6-17-12(20)8-19/h11,18H,5-8H2,1-4H3,(H,17,20)/t11-/m1/s1. The van der Waals surface area contributed by atoms with E-state index >= 15 is 0 Å². The van der Waals surface area contributed by atoms with Crippen molar-refractivity contribution in [1.29, 1.82) is 0 Å². The summed E-state index contributed by atoms with van der Waals surface area (Å²) in [4.78, 5) is 41.1. The Morgan fingerprint density at radius 2 is 2.04 bits per heavy atom. The number of ketones is 1. The molecule has 7 heteroatoms. The molecule has 23 heavy (non-hydrogen) atoms. The van der Waals surface area contributed by atoms with E-state index in [-0.39, 0.29) is 24.8 Å². The summed E-state index contributed by atoms with van der Waals surface area (Å²) in [6, 6.07) is -0.437. The number of piperazine rings is 1. The summed E-state index contributed by atoms with van der Waals surface area (Å²) in [5, 5.41) is 2.74. The lowest BCUT2D eigenvalue weighted by Crippen LogP contribution is -2.53. The van der Waals surface area contributed by atoms with Crippen LogP contribution >= 0.6 is 0 Å². The van der Waals surface area contributed by atoms with Gasteiger partial charge in [0.1, 0.15) is 0 Å². The number of hydrogen-bond acceptors (Lipinski definition) is 5. The van der Waals surface area contributed by atoms with Crippen molar-refractivity contribution >= 4 is 17.7 Å². The fourth-order valence-corrected chi connectivity index (χ4v) is 2.87. The van der Waals surface area contributed by atoms with Gasteiger partial charge in [0.25, 0.3) is 0 Å². The molecule has 1 atom stereocenters. The predicted molar refractivity (Wildman–Crippen MR) is 84.6 cm³/mol. The van der Waals surface area contributed by atoms with Gasteiger partial charge in [-0.1, -0.05) is 0 Å². The number of nitrogens with zero attached hydrogens (tertiary/aromatic N) is 1. The number of aryl methyl sites for hydroxylation is 1. The van der Waals surface area contributed by atoms with E-state index in [4.69, 9.17) is 4.74 Å². The minimum Gasteiger partial charge on any atom is -0.462 e. The molecule has 0 saturated carbocycles. The highest BCUT2D eigenvalue weighted by Crippen LogP contribution is 2.21. The monoisotopic (exact) mass is 321 g/mol. The highest BCUT2D eigenvalue weighted by atomic mass is 16.5. The first-order valence-electron chi connectivity index (χ1n) is 7.78. The Morgan fingerprint density at radius 3 is 2.65 bits per heavy atom. The zero-order valence-electron chi connectivity index (χ0n) is 14.0. The third-order valence-corrected chi connectivity index (χ3v) is 4.16. The first-order chi connectivity index (χ1) is 10.9. The van der Waals surface area contributed by atoms with E-state index in [1.807, 2.05) is 4.90 Å². The molecule has 1 aliphatic heterocycles. The van der Waals surface area contributed by atoms with Gasteiger partial charge in [-0.3, -0.25) is 14.5 Å². The van der Waals surface area contributed by atoms with Crippen LogP contribution in [-0.4, -0.2) is 59.8 Å². The molecule has 2 heterocycles. The summed E-state index contributed by atoms with van der Waals surface area (Å²) in [6.07, 6.45) is 0. The number of esters is 1. The highest BCUT2D eigenvalue weighted by molar-refractivity contribution is 6.04. The fourth-order valence-electron chi connectivity index (χ4n) is 2.87. The molecule has 0 radical (unpaired) electrons. The van der Waals surface area contributed by atoms with Crippen LogP contribution in [0.1, 0.15) is 46.0 Å². The Labute approximate surface area is 135 Å². The van der Waals surface area contributed by atoms with E-state index in [2.05, 4.69) is 10.3 Å². The molecule has 1 aromatic heterocycles. The van der Waals surface area contributed by atoms with Crippen LogP contribution < -0.4 is 5.32 Å². The quantitative estimate of drug-likeness (QED) is 0.618. The molecule has 1 amide bonds. The maximum atomic E-state index is 12.8. The molecule has 1 saturated heterocycles. The van der Waals surface area contributed by atoms with Gasteiger partial charge >= 0.3 is 5.97 Å². The van der Waals surface area contributed by atoms with E-state index in [9.17, 15) is 14.4 Å². The van der Waals surface area contributed by atoms with Crippen LogP contribution in [0.25, 0.3) is 0 Å². The number of nitrogens with one attached hydrogen (secondary N) is 2. The Hall–Kier alpha value is -2.15. The SMILES string of the molecule is CCOC(=O)c1c(C)[nH]c(C(=O)[C@@H](C)N2CCNC(=O)C2)c1C. The molecular formula is C16H23N3O4. The van der Waals surface area contributed by atoms with Crippen LogP contribution in [0.4, 0.5) is 0 Å². The van der Waals surface area contributed by atoms with Gasteiger partial charge in [-0.05, 0) is 33.3 Å². The number of H-pyrrole nitrogens is 1. The van der Waals surface area contributed by atoms with Crippen LogP contribution in [0, 0.1) is 13.8 Å². The average Bonchev–Trinajstić information content (AvgIpc) is 2.81. The zero-order chi connectivity index (χ0) is 17.1. The highest BCUT2D eigenvalue weighted by Gasteiger charge is 2.30. The molecule has 2 N–H and O–H groups in total. The number of Topliss-reactive ketones (excluding diaryl/α,β-unsaturated/α-hetero) is 1. The molecule has 0 unspecified atom stereocenters. The van der Waals surface area contributed by atoms with E-state index in [0.717, 1.165) is 0 Å². The summed E-state index contributed by atoms with van der Waals surface area (Å²) < 4.78 is 5.04. The van der Waals surface area contributed by atoms with Gasteiger partial charge in [-0.2, -0.15) is 0 Å². The number of hydrogen-bond donors (Lipinski definition) is 2. The van der Waals surface area contributed by atoms with Crippen molar-refractivity contribution in [1.82, 2.24) is 15.2 Å². The minimum atomic E-state index is -0.437. The van der Waals surface area contributed by atoms with Crippen molar-refractivity contribution in [2.24, 2.45) is 0 Å².